The predicted molar refractivity (Wildman–Crippen MR) is 69.7 cm³/mol. The van der Waals surface area contributed by atoms with E-state index in [1.54, 1.807) is 6.08 Å². The van der Waals surface area contributed by atoms with Crippen molar-refractivity contribution < 1.29 is 4.79 Å². The molecule has 2 aliphatic rings. The average molecular weight is 234 g/mol. The summed E-state index contributed by atoms with van der Waals surface area (Å²) < 4.78 is 0. The quantitative estimate of drug-likeness (QED) is 0.537. The molecule has 3 nitrogen and oxygen atoms in total. The van der Waals surface area contributed by atoms with Crippen LogP contribution in [0.3, 0.4) is 0 Å². The van der Waals surface area contributed by atoms with Crippen molar-refractivity contribution in [2.75, 3.05) is 19.6 Å². The molecule has 2 unspecified atom stereocenters. The molecule has 0 N–H and O–H groups in total. The smallest absolute Gasteiger partial charge is 0.246 e. The lowest BCUT2D eigenvalue weighted by Gasteiger charge is -2.41. The Kier molecular flexibility index (Phi) is 4.00. The van der Waals surface area contributed by atoms with E-state index in [4.69, 9.17) is 0 Å². The molecule has 0 bridgehead atoms. The van der Waals surface area contributed by atoms with Gasteiger partial charge in [-0.2, -0.15) is 0 Å². The molecule has 2 saturated heterocycles. The van der Waals surface area contributed by atoms with E-state index in [1.165, 1.54) is 19.4 Å². The Labute approximate surface area is 104 Å². The van der Waals surface area contributed by atoms with Crippen molar-refractivity contribution in [1.29, 1.82) is 0 Å². The van der Waals surface area contributed by atoms with Crippen molar-refractivity contribution in [3.8, 4) is 0 Å². The van der Waals surface area contributed by atoms with E-state index < -0.39 is 0 Å². The largest absolute Gasteiger partial charge is 0.334 e. The summed E-state index contributed by atoms with van der Waals surface area (Å²) >= 11 is 0. The highest BCUT2D eigenvalue weighted by molar-refractivity contribution is 5.88. The molecule has 2 rings (SSSR count). The van der Waals surface area contributed by atoms with Gasteiger partial charge in [-0.15, -0.1) is 0 Å². The first-order chi connectivity index (χ1) is 8.22. The third-order valence-electron chi connectivity index (χ3n) is 3.76. The summed E-state index contributed by atoms with van der Waals surface area (Å²) in [6.07, 6.45) is 9.87. The summed E-state index contributed by atoms with van der Waals surface area (Å²) in [5, 5.41) is 0. The summed E-state index contributed by atoms with van der Waals surface area (Å²) in [7, 11) is 0. The van der Waals surface area contributed by atoms with Crippen LogP contribution in [0.5, 0.6) is 0 Å². The molecule has 3 heteroatoms. The van der Waals surface area contributed by atoms with Gasteiger partial charge >= 0.3 is 0 Å². The number of hydrogen-bond donors (Lipinski definition) is 0. The highest BCUT2D eigenvalue weighted by Gasteiger charge is 2.35. The molecule has 1 amide bonds. The fraction of sp³-hybridized carbons (Fsp3) is 0.643. The van der Waals surface area contributed by atoms with Crippen LogP contribution >= 0.6 is 0 Å². The number of nitrogens with zero attached hydrogens (tertiary/aromatic N) is 2. The van der Waals surface area contributed by atoms with Gasteiger partial charge in [0, 0.05) is 31.2 Å². The van der Waals surface area contributed by atoms with E-state index in [0.717, 1.165) is 13.1 Å². The summed E-state index contributed by atoms with van der Waals surface area (Å²) in [4.78, 5) is 16.6. The van der Waals surface area contributed by atoms with Crippen molar-refractivity contribution in [2.45, 2.75) is 38.8 Å². The van der Waals surface area contributed by atoms with Gasteiger partial charge in [0.2, 0.25) is 5.91 Å². The highest BCUT2D eigenvalue weighted by atomic mass is 16.2. The first-order valence-electron chi connectivity index (χ1n) is 6.56. The fourth-order valence-corrected chi connectivity index (χ4v) is 2.84. The van der Waals surface area contributed by atoms with Gasteiger partial charge < -0.3 is 4.90 Å². The summed E-state index contributed by atoms with van der Waals surface area (Å²) in [5.41, 5.74) is 0. The lowest BCUT2D eigenvalue weighted by molar-refractivity contribution is -0.131. The lowest BCUT2D eigenvalue weighted by atomic mass is 10.1. The van der Waals surface area contributed by atoms with E-state index in [-0.39, 0.29) is 5.91 Å². The second-order valence-electron chi connectivity index (χ2n) is 5.02. The van der Waals surface area contributed by atoms with E-state index in [1.807, 2.05) is 30.1 Å². The number of carbonyl (C=O) groups excluding carboxylic acids is 1. The Morgan fingerprint density at radius 1 is 1.29 bits per heavy atom. The van der Waals surface area contributed by atoms with Crippen LogP contribution in [0.25, 0.3) is 0 Å². The van der Waals surface area contributed by atoms with Crippen molar-refractivity contribution in [1.82, 2.24) is 9.80 Å². The van der Waals surface area contributed by atoms with Gasteiger partial charge in [0.05, 0.1) is 0 Å². The fourth-order valence-electron chi connectivity index (χ4n) is 2.84. The predicted octanol–water partition coefficient (Wildman–Crippen LogP) is 1.81. The van der Waals surface area contributed by atoms with E-state index in [9.17, 15) is 4.79 Å². The Morgan fingerprint density at radius 3 is 2.88 bits per heavy atom. The van der Waals surface area contributed by atoms with Crippen LogP contribution in [0.2, 0.25) is 0 Å². The number of allylic oxidation sites excluding steroid dienone is 3. The number of piperazine rings is 1. The average Bonchev–Trinajstić information content (AvgIpc) is 2.75. The van der Waals surface area contributed by atoms with Gasteiger partial charge in [0.25, 0.3) is 0 Å². The Hall–Kier alpha value is -1.09. The molecule has 0 saturated carbocycles. The maximum absolute atomic E-state index is 12.1. The number of fused-ring (bicyclic) bond motifs is 1. The minimum absolute atomic E-state index is 0.155. The van der Waals surface area contributed by atoms with E-state index >= 15 is 0 Å². The Balaban J connectivity index is 1.98. The molecule has 2 aliphatic heterocycles. The van der Waals surface area contributed by atoms with Crippen molar-refractivity contribution in [3.63, 3.8) is 0 Å². The van der Waals surface area contributed by atoms with E-state index in [0.29, 0.717) is 12.1 Å². The molecular weight excluding hydrogens is 212 g/mol. The van der Waals surface area contributed by atoms with Gasteiger partial charge in [-0.05, 0) is 33.2 Å². The second kappa shape index (κ2) is 5.50. The van der Waals surface area contributed by atoms with Crippen LogP contribution in [0.4, 0.5) is 0 Å². The van der Waals surface area contributed by atoms with E-state index in [2.05, 4.69) is 11.8 Å². The molecule has 2 atom stereocenters. The maximum Gasteiger partial charge on any atom is 0.246 e. The molecule has 2 heterocycles. The topological polar surface area (TPSA) is 23.6 Å². The Bertz CT molecular complexity index is 335. The molecule has 2 fully saturated rings. The minimum atomic E-state index is 0.155. The molecule has 0 aromatic heterocycles. The zero-order valence-electron chi connectivity index (χ0n) is 10.8. The minimum Gasteiger partial charge on any atom is -0.334 e. The van der Waals surface area contributed by atoms with Gasteiger partial charge in [-0.3, -0.25) is 9.69 Å². The van der Waals surface area contributed by atoms with Crippen LogP contribution < -0.4 is 0 Å². The van der Waals surface area contributed by atoms with Crippen LogP contribution in [0, 0.1) is 0 Å². The summed E-state index contributed by atoms with van der Waals surface area (Å²) in [6, 6.07) is 0.942. The van der Waals surface area contributed by atoms with Crippen molar-refractivity contribution in [2.24, 2.45) is 0 Å². The maximum atomic E-state index is 12.1. The lowest BCUT2D eigenvalue weighted by Crippen LogP contribution is -2.56. The molecule has 17 heavy (non-hydrogen) atoms. The number of amides is 1. The molecule has 0 aliphatic carbocycles. The molecule has 0 aromatic carbocycles. The number of rotatable bonds is 2. The van der Waals surface area contributed by atoms with Crippen LogP contribution in [0.15, 0.2) is 24.3 Å². The zero-order chi connectivity index (χ0) is 12.3. The SMILES string of the molecule is CC=CC=CC(=O)N1CC2CCCN2CC1C. The normalized spacial score (nSPS) is 30.4. The summed E-state index contributed by atoms with van der Waals surface area (Å²) in [6.45, 7) is 7.25. The van der Waals surface area contributed by atoms with Gasteiger partial charge in [0.1, 0.15) is 0 Å². The van der Waals surface area contributed by atoms with Crippen LogP contribution in [-0.2, 0) is 4.79 Å². The number of carbonyl (C=O) groups is 1. The van der Waals surface area contributed by atoms with Gasteiger partial charge in [-0.1, -0.05) is 18.2 Å². The molecular formula is C14H22N2O. The zero-order valence-corrected chi connectivity index (χ0v) is 10.8. The third-order valence-corrected chi connectivity index (χ3v) is 3.76. The first kappa shape index (κ1) is 12.4. The molecule has 0 aromatic rings. The van der Waals surface area contributed by atoms with Gasteiger partial charge in [0.15, 0.2) is 0 Å². The summed E-state index contributed by atoms with van der Waals surface area (Å²) in [5.74, 6) is 0.155. The molecule has 94 valence electrons. The third kappa shape index (κ3) is 2.78. The highest BCUT2D eigenvalue weighted by Crippen LogP contribution is 2.24. The molecule has 0 spiro atoms. The van der Waals surface area contributed by atoms with Crippen LogP contribution in [0.1, 0.15) is 26.7 Å². The molecule has 0 radical (unpaired) electrons. The monoisotopic (exact) mass is 234 g/mol. The van der Waals surface area contributed by atoms with Crippen LogP contribution in [-0.4, -0.2) is 47.4 Å². The number of hydrogen-bond acceptors (Lipinski definition) is 2. The standard InChI is InChI=1S/C14H22N2O/c1-3-4-5-8-14(17)16-11-13-7-6-9-15(13)10-12(16)2/h3-5,8,12-13H,6-7,9-11H2,1-2H3. The Morgan fingerprint density at radius 2 is 2.12 bits per heavy atom. The van der Waals surface area contributed by atoms with Crippen molar-refractivity contribution >= 4 is 5.91 Å². The van der Waals surface area contributed by atoms with Gasteiger partial charge in [-0.25, -0.2) is 0 Å². The first-order valence-corrected chi connectivity index (χ1v) is 6.56. The second-order valence-corrected chi connectivity index (χ2v) is 5.02. The van der Waals surface area contributed by atoms with Crippen molar-refractivity contribution in [3.05, 3.63) is 24.3 Å².